The number of hydrogen-bond acceptors (Lipinski definition) is 3. The highest BCUT2D eigenvalue weighted by Crippen LogP contribution is 2.38. The first-order chi connectivity index (χ1) is 9.06. The number of piperidine rings is 1. The number of thiocarbonyl (C=S) groups is 1. The Morgan fingerprint density at radius 3 is 2.53 bits per heavy atom. The monoisotopic (exact) mass is 272 g/mol. The Kier molecular flexibility index (Phi) is 3.96. The van der Waals surface area contributed by atoms with Crippen molar-refractivity contribution in [3.63, 3.8) is 0 Å². The molecule has 2 rings (SSSR count). The van der Waals surface area contributed by atoms with Crippen LogP contribution in [0.2, 0.25) is 0 Å². The summed E-state index contributed by atoms with van der Waals surface area (Å²) in [6, 6.07) is 11.9. The molecule has 4 heteroatoms. The minimum absolute atomic E-state index is 0.0418. The Hall–Kier alpha value is -1.73. The number of nitriles is 1. The molecule has 1 aliphatic heterocycles. The highest BCUT2D eigenvalue weighted by molar-refractivity contribution is 7.80. The van der Waals surface area contributed by atoms with E-state index >= 15 is 0 Å². The van der Waals surface area contributed by atoms with Gasteiger partial charge in [0.25, 0.3) is 0 Å². The van der Waals surface area contributed by atoms with Gasteiger partial charge in [0, 0.05) is 17.9 Å². The Bertz CT molecular complexity index is 535. The van der Waals surface area contributed by atoms with Crippen molar-refractivity contribution < 1.29 is 4.79 Å². The second kappa shape index (κ2) is 5.50. The Morgan fingerprint density at radius 2 is 2.00 bits per heavy atom. The summed E-state index contributed by atoms with van der Waals surface area (Å²) < 4.78 is 0. The molecule has 98 valence electrons. The second-order valence-electron chi connectivity index (χ2n) is 4.98. The predicted octanol–water partition coefficient (Wildman–Crippen LogP) is 2.43. The largest absolute Gasteiger partial charge is 0.375 e. The van der Waals surface area contributed by atoms with E-state index < -0.39 is 5.92 Å². The molecule has 0 bridgehead atoms. The molecule has 3 nitrogen and oxygen atoms in total. The summed E-state index contributed by atoms with van der Waals surface area (Å²) in [7, 11) is 0. The molecular weight excluding hydrogens is 256 g/mol. The van der Waals surface area contributed by atoms with E-state index in [0.717, 1.165) is 5.56 Å². The van der Waals surface area contributed by atoms with Crippen LogP contribution < -0.4 is 5.32 Å². The van der Waals surface area contributed by atoms with Crippen molar-refractivity contribution >= 4 is 23.0 Å². The molecule has 1 aliphatic rings. The third kappa shape index (κ3) is 2.52. The maximum Gasteiger partial charge on any atom is 0.135 e. The van der Waals surface area contributed by atoms with Crippen LogP contribution in [0.4, 0.5) is 0 Å². The average Bonchev–Trinajstić information content (AvgIpc) is 2.38. The molecule has 0 saturated carbocycles. The van der Waals surface area contributed by atoms with Crippen LogP contribution in [0, 0.1) is 23.2 Å². The molecule has 4 atom stereocenters. The predicted molar refractivity (Wildman–Crippen MR) is 77.7 cm³/mol. The first-order valence-corrected chi connectivity index (χ1v) is 6.72. The fraction of sp³-hybridized carbons (Fsp3) is 0.400. The maximum absolute atomic E-state index is 12.0. The van der Waals surface area contributed by atoms with Gasteiger partial charge in [-0.2, -0.15) is 5.26 Å². The maximum atomic E-state index is 12.0. The summed E-state index contributed by atoms with van der Waals surface area (Å²) >= 11 is 5.28. The molecule has 1 heterocycles. The number of carbonyl (C=O) groups is 1. The lowest BCUT2D eigenvalue weighted by molar-refractivity contribution is -0.122. The van der Waals surface area contributed by atoms with Crippen LogP contribution >= 0.6 is 12.2 Å². The third-order valence-electron chi connectivity index (χ3n) is 3.73. The molecule has 0 aromatic heterocycles. The number of ketones is 1. The Labute approximate surface area is 118 Å². The fourth-order valence-corrected chi connectivity index (χ4v) is 3.29. The fourth-order valence-electron chi connectivity index (χ4n) is 2.90. The van der Waals surface area contributed by atoms with Crippen LogP contribution in [0.3, 0.4) is 0 Å². The van der Waals surface area contributed by atoms with Gasteiger partial charge >= 0.3 is 0 Å². The normalized spacial score (nSPS) is 30.3. The summed E-state index contributed by atoms with van der Waals surface area (Å²) in [5.74, 6) is -0.731. The van der Waals surface area contributed by atoms with Gasteiger partial charge in [0.05, 0.1) is 11.1 Å². The van der Waals surface area contributed by atoms with Crippen molar-refractivity contribution in [2.45, 2.75) is 25.8 Å². The molecule has 0 spiro atoms. The SMILES string of the molecule is CC(=O)C1C(C)NC(=S)C(C#N)C1c1ccccc1. The number of rotatable bonds is 2. The summed E-state index contributed by atoms with van der Waals surface area (Å²) in [6.45, 7) is 3.53. The van der Waals surface area contributed by atoms with Crippen LogP contribution in [0.5, 0.6) is 0 Å². The lowest BCUT2D eigenvalue weighted by Gasteiger charge is -2.39. The Balaban J connectivity index is 2.50. The van der Waals surface area contributed by atoms with E-state index in [9.17, 15) is 10.1 Å². The first-order valence-electron chi connectivity index (χ1n) is 6.31. The van der Waals surface area contributed by atoms with Gasteiger partial charge in [-0.1, -0.05) is 42.5 Å². The van der Waals surface area contributed by atoms with E-state index in [-0.39, 0.29) is 23.7 Å². The van der Waals surface area contributed by atoms with E-state index in [1.165, 1.54) is 0 Å². The zero-order valence-corrected chi connectivity index (χ0v) is 11.8. The van der Waals surface area contributed by atoms with Gasteiger partial charge in [-0.15, -0.1) is 0 Å². The molecule has 1 fully saturated rings. The van der Waals surface area contributed by atoms with Crippen LogP contribution in [0.25, 0.3) is 0 Å². The van der Waals surface area contributed by atoms with Crippen molar-refractivity contribution in [1.82, 2.24) is 5.32 Å². The number of carbonyl (C=O) groups excluding carboxylic acids is 1. The van der Waals surface area contributed by atoms with E-state index in [1.54, 1.807) is 6.92 Å². The van der Waals surface area contributed by atoms with Crippen LogP contribution in [-0.4, -0.2) is 16.8 Å². The van der Waals surface area contributed by atoms with Crippen LogP contribution in [-0.2, 0) is 4.79 Å². The number of nitrogens with zero attached hydrogens (tertiary/aromatic N) is 1. The van der Waals surface area contributed by atoms with Crippen molar-refractivity contribution in [3.8, 4) is 6.07 Å². The zero-order chi connectivity index (χ0) is 14.0. The van der Waals surface area contributed by atoms with Gasteiger partial charge < -0.3 is 5.32 Å². The quantitative estimate of drug-likeness (QED) is 0.840. The third-order valence-corrected chi connectivity index (χ3v) is 4.10. The molecule has 1 saturated heterocycles. The lowest BCUT2D eigenvalue weighted by atomic mass is 9.70. The topological polar surface area (TPSA) is 52.9 Å². The smallest absolute Gasteiger partial charge is 0.135 e. The number of hydrogen-bond donors (Lipinski definition) is 1. The second-order valence-corrected chi connectivity index (χ2v) is 5.42. The lowest BCUT2D eigenvalue weighted by Crippen LogP contribution is -2.53. The molecule has 0 radical (unpaired) electrons. The van der Waals surface area contributed by atoms with Gasteiger partial charge in [-0.25, -0.2) is 0 Å². The van der Waals surface area contributed by atoms with E-state index in [2.05, 4.69) is 11.4 Å². The average molecular weight is 272 g/mol. The van der Waals surface area contributed by atoms with E-state index in [4.69, 9.17) is 12.2 Å². The molecule has 1 N–H and O–H groups in total. The molecule has 19 heavy (non-hydrogen) atoms. The van der Waals surface area contributed by atoms with Gasteiger partial charge in [-0.05, 0) is 19.4 Å². The van der Waals surface area contributed by atoms with Crippen molar-refractivity contribution in [2.24, 2.45) is 11.8 Å². The molecule has 1 aromatic carbocycles. The molecule has 4 unspecified atom stereocenters. The number of benzene rings is 1. The van der Waals surface area contributed by atoms with Crippen molar-refractivity contribution in [1.29, 1.82) is 5.26 Å². The van der Waals surface area contributed by atoms with E-state index in [1.807, 2.05) is 37.3 Å². The van der Waals surface area contributed by atoms with Gasteiger partial charge in [-0.3, -0.25) is 4.79 Å². The van der Waals surface area contributed by atoms with Gasteiger partial charge in [0.2, 0.25) is 0 Å². The Morgan fingerprint density at radius 1 is 1.37 bits per heavy atom. The van der Waals surface area contributed by atoms with Crippen LogP contribution in [0.1, 0.15) is 25.3 Å². The highest BCUT2D eigenvalue weighted by atomic mass is 32.1. The standard InChI is InChI=1S/C15H16N2OS/c1-9-13(10(2)18)14(11-6-4-3-5-7-11)12(8-16)15(19)17-9/h3-7,9,12-14H,1-2H3,(H,17,19). The summed E-state index contributed by atoms with van der Waals surface area (Å²) in [5.41, 5.74) is 1.00. The summed E-state index contributed by atoms with van der Waals surface area (Å²) in [5, 5.41) is 12.5. The minimum Gasteiger partial charge on any atom is -0.375 e. The molecule has 1 aromatic rings. The van der Waals surface area contributed by atoms with Gasteiger partial charge in [0.15, 0.2) is 0 Å². The zero-order valence-electron chi connectivity index (χ0n) is 11.0. The van der Waals surface area contributed by atoms with Crippen molar-refractivity contribution in [2.75, 3.05) is 0 Å². The van der Waals surface area contributed by atoms with Crippen molar-refractivity contribution in [3.05, 3.63) is 35.9 Å². The highest BCUT2D eigenvalue weighted by Gasteiger charge is 2.43. The number of nitrogens with one attached hydrogen (secondary N) is 1. The summed E-state index contributed by atoms with van der Waals surface area (Å²) in [6.07, 6.45) is 0. The summed E-state index contributed by atoms with van der Waals surface area (Å²) in [4.78, 5) is 12.5. The minimum atomic E-state index is -0.442. The van der Waals surface area contributed by atoms with Crippen LogP contribution in [0.15, 0.2) is 30.3 Å². The molecular formula is C15H16N2OS. The molecule has 0 aliphatic carbocycles. The first kappa shape index (κ1) is 13.7. The van der Waals surface area contributed by atoms with Gasteiger partial charge in [0.1, 0.15) is 11.7 Å². The van der Waals surface area contributed by atoms with E-state index in [0.29, 0.717) is 4.99 Å². The number of Topliss-reactive ketones (excluding diaryl/α,β-unsaturated/α-hetero) is 1. The molecule has 0 amide bonds.